The molecular weight excluding hydrogens is 312 g/mol. The summed E-state index contributed by atoms with van der Waals surface area (Å²) in [6, 6.07) is 15.1. The van der Waals surface area contributed by atoms with Gasteiger partial charge in [-0.1, -0.05) is 30.3 Å². The van der Waals surface area contributed by atoms with Gasteiger partial charge >= 0.3 is 0 Å². The zero-order chi connectivity index (χ0) is 15.6. The monoisotopic (exact) mass is 324 g/mol. The van der Waals surface area contributed by atoms with Gasteiger partial charge in [0.25, 0.3) is 5.91 Å². The third-order valence-corrected chi connectivity index (χ3v) is 4.43. The molecular formula is C17H12N2O3S. The topological polar surface area (TPSA) is 60.5 Å². The number of benzene rings is 2. The number of nitrogens with zero attached hydrogens (tertiary/aromatic N) is 1. The molecule has 0 saturated carbocycles. The van der Waals surface area contributed by atoms with Crippen molar-refractivity contribution in [1.82, 2.24) is 4.98 Å². The normalized spacial score (nSPS) is 12.2. The number of fused-ring (bicyclic) bond motifs is 1. The summed E-state index contributed by atoms with van der Waals surface area (Å²) in [7, 11) is 0. The molecule has 0 unspecified atom stereocenters. The standard InChI is InChI=1S/C17H12N2O3S/c20-16(19-12-6-7-13-14(8-12)22-10-21-13)15-9-18-17(23-15)11-4-2-1-3-5-11/h1-9H,10H2,(H,19,20). The Morgan fingerprint density at radius 3 is 2.78 bits per heavy atom. The van der Waals surface area contributed by atoms with Crippen molar-refractivity contribution in [2.75, 3.05) is 12.1 Å². The van der Waals surface area contributed by atoms with E-state index < -0.39 is 0 Å². The molecule has 1 aromatic heterocycles. The predicted octanol–water partition coefficient (Wildman–Crippen LogP) is 3.79. The lowest BCUT2D eigenvalue weighted by Crippen LogP contribution is -2.09. The van der Waals surface area contributed by atoms with Crippen molar-refractivity contribution in [3.63, 3.8) is 0 Å². The Bertz CT molecular complexity index is 861. The number of hydrogen-bond acceptors (Lipinski definition) is 5. The molecule has 23 heavy (non-hydrogen) atoms. The summed E-state index contributed by atoms with van der Waals surface area (Å²) in [5, 5.41) is 3.67. The lowest BCUT2D eigenvalue weighted by molar-refractivity contribution is 0.103. The third-order valence-electron chi connectivity index (χ3n) is 3.38. The number of thiazole rings is 1. The molecule has 0 radical (unpaired) electrons. The second kappa shape index (κ2) is 5.73. The molecule has 1 aliphatic rings. The number of amides is 1. The number of rotatable bonds is 3. The molecule has 114 valence electrons. The van der Waals surface area contributed by atoms with Crippen LogP contribution in [0.3, 0.4) is 0 Å². The first kappa shape index (κ1) is 13.8. The highest BCUT2D eigenvalue weighted by Crippen LogP contribution is 2.34. The Morgan fingerprint density at radius 2 is 1.91 bits per heavy atom. The minimum absolute atomic E-state index is 0.191. The van der Waals surface area contributed by atoms with Crippen molar-refractivity contribution < 1.29 is 14.3 Å². The maximum absolute atomic E-state index is 12.3. The summed E-state index contributed by atoms with van der Waals surface area (Å²) < 4.78 is 10.6. The lowest BCUT2D eigenvalue weighted by Gasteiger charge is -2.04. The van der Waals surface area contributed by atoms with Crippen LogP contribution < -0.4 is 14.8 Å². The van der Waals surface area contributed by atoms with Gasteiger partial charge in [-0.05, 0) is 12.1 Å². The van der Waals surface area contributed by atoms with E-state index in [1.165, 1.54) is 11.3 Å². The van der Waals surface area contributed by atoms with E-state index in [9.17, 15) is 4.79 Å². The van der Waals surface area contributed by atoms with Gasteiger partial charge in [-0.15, -0.1) is 11.3 Å². The first-order chi connectivity index (χ1) is 11.3. The van der Waals surface area contributed by atoms with Crippen LogP contribution in [0.1, 0.15) is 9.67 Å². The molecule has 1 N–H and O–H groups in total. The van der Waals surface area contributed by atoms with Crippen molar-refractivity contribution in [3.05, 3.63) is 59.6 Å². The number of hydrogen-bond donors (Lipinski definition) is 1. The van der Waals surface area contributed by atoms with Crippen molar-refractivity contribution in [1.29, 1.82) is 0 Å². The summed E-state index contributed by atoms with van der Waals surface area (Å²) in [5.41, 5.74) is 1.66. The molecule has 0 aliphatic carbocycles. The molecule has 0 atom stereocenters. The summed E-state index contributed by atoms with van der Waals surface area (Å²) in [5.74, 6) is 1.13. The van der Waals surface area contributed by atoms with Crippen LogP contribution in [0.5, 0.6) is 11.5 Å². The summed E-state index contributed by atoms with van der Waals surface area (Å²) in [6.45, 7) is 0.210. The summed E-state index contributed by atoms with van der Waals surface area (Å²) in [6.07, 6.45) is 1.59. The molecule has 0 saturated heterocycles. The lowest BCUT2D eigenvalue weighted by atomic mass is 10.2. The van der Waals surface area contributed by atoms with Crippen LogP contribution in [-0.2, 0) is 0 Å². The van der Waals surface area contributed by atoms with Crippen molar-refractivity contribution >= 4 is 22.9 Å². The molecule has 2 heterocycles. The van der Waals surface area contributed by atoms with Crippen molar-refractivity contribution in [3.8, 4) is 22.1 Å². The Kier molecular flexibility index (Phi) is 3.44. The number of carbonyl (C=O) groups is 1. The smallest absolute Gasteiger partial charge is 0.267 e. The maximum atomic E-state index is 12.3. The highest BCUT2D eigenvalue weighted by atomic mass is 32.1. The van der Waals surface area contributed by atoms with E-state index in [4.69, 9.17) is 9.47 Å². The van der Waals surface area contributed by atoms with Gasteiger partial charge < -0.3 is 14.8 Å². The van der Waals surface area contributed by atoms with E-state index >= 15 is 0 Å². The Labute approximate surface area is 136 Å². The molecule has 2 aromatic carbocycles. The molecule has 6 heteroatoms. The van der Waals surface area contributed by atoms with Gasteiger partial charge in [-0.3, -0.25) is 4.79 Å². The Balaban J connectivity index is 1.52. The van der Waals surface area contributed by atoms with Crippen LogP contribution in [0.15, 0.2) is 54.7 Å². The van der Waals surface area contributed by atoms with Crippen LogP contribution in [0.2, 0.25) is 0 Å². The average molecular weight is 324 g/mol. The van der Waals surface area contributed by atoms with Crippen LogP contribution in [-0.4, -0.2) is 17.7 Å². The first-order valence-corrected chi connectivity index (χ1v) is 7.83. The highest BCUT2D eigenvalue weighted by molar-refractivity contribution is 7.17. The largest absolute Gasteiger partial charge is 0.454 e. The van der Waals surface area contributed by atoms with Crippen LogP contribution in [0, 0.1) is 0 Å². The number of aromatic nitrogens is 1. The minimum atomic E-state index is -0.191. The second-order valence-corrected chi connectivity index (χ2v) is 5.95. The summed E-state index contributed by atoms with van der Waals surface area (Å²) in [4.78, 5) is 17.2. The highest BCUT2D eigenvalue weighted by Gasteiger charge is 2.16. The molecule has 4 rings (SSSR count). The van der Waals surface area contributed by atoms with E-state index in [-0.39, 0.29) is 12.7 Å². The zero-order valence-electron chi connectivity index (χ0n) is 12.0. The predicted molar refractivity (Wildman–Crippen MR) is 88.1 cm³/mol. The fourth-order valence-corrected chi connectivity index (χ4v) is 3.08. The van der Waals surface area contributed by atoms with Gasteiger partial charge in [0, 0.05) is 17.3 Å². The number of nitrogens with one attached hydrogen (secondary N) is 1. The fourth-order valence-electron chi connectivity index (χ4n) is 2.26. The quantitative estimate of drug-likeness (QED) is 0.796. The second-order valence-electron chi connectivity index (χ2n) is 4.92. The van der Waals surface area contributed by atoms with Gasteiger partial charge in [0.2, 0.25) is 6.79 Å². The first-order valence-electron chi connectivity index (χ1n) is 7.02. The van der Waals surface area contributed by atoms with Crippen LogP contribution in [0.4, 0.5) is 5.69 Å². The van der Waals surface area contributed by atoms with Gasteiger partial charge in [-0.25, -0.2) is 4.98 Å². The number of ether oxygens (including phenoxy) is 2. The SMILES string of the molecule is O=C(Nc1ccc2c(c1)OCO2)c1cnc(-c2ccccc2)s1. The molecule has 3 aromatic rings. The number of carbonyl (C=O) groups excluding carboxylic acids is 1. The van der Waals surface area contributed by atoms with Gasteiger partial charge in [-0.2, -0.15) is 0 Å². The average Bonchev–Trinajstić information content (AvgIpc) is 3.24. The van der Waals surface area contributed by atoms with Gasteiger partial charge in [0.05, 0.1) is 6.20 Å². The van der Waals surface area contributed by atoms with E-state index in [1.54, 1.807) is 24.4 Å². The molecule has 0 fully saturated rings. The minimum Gasteiger partial charge on any atom is -0.454 e. The van der Waals surface area contributed by atoms with Gasteiger partial charge in [0.1, 0.15) is 9.88 Å². The van der Waals surface area contributed by atoms with Crippen molar-refractivity contribution in [2.45, 2.75) is 0 Å². The van der Waals surface area contributed by atoms with Crippen LogP contribution in [0.25, 0.3) is 10.6 Å². The third kappa shape index (κ3) is 2.76. The molecule has 1 aliphatic heterocycles. The Hall–Kier alpha value is -2.86. The van der Waals surface area contributed by atoms with E-state index in [1.807, 2.05) is 30.3 Å². The molecule has 5 nitrogen and oxygen atoms in total. The van der Waals surface area contributed by atoms with Crippen molar-refractivity contribution in [2.24, 2.45) is 0 Å². The Morgan fingerprint density at radius 1 is 1.09 bits per heavy atom. The molecule has 0 spiro atoms. The van der Waals surface area contributed by atoms with E-state index in [2.05, 4.69) is 10.3 Å². The van der Waals surface area contributed by atoms with Crippen LogP contribution >= 0.6 is 11.3 Å². The van der Waals surface area contributed by atoms with E-state index in [0.29, 0.717) is 22.1 Å². The zero-order valence-corrected chi connectivity index (χ0v) is 12.8. The van der Waals surface area contributed by atoms with Gasteiger partial charge in [0.15, 0.2) is 11.5 Å². The maximum Gasteiger partial charge on any atom is 0.267 e. The summed E-state index contributed by atoms with van der Waals surface area (Å²) >= 11 is 1.36. The molecule has 0 bridgehead atoms. The van der Waals surface area contributed by atoms with E-state index in [0.717, 1.165) is 10.6 Å². The number of anilines is 1. The fraction of sp³-hybridized carbons (Fsp3) is 0.0588. The molecule has 1 amide bonds.